The fourth-order valence-electron chi connectivity index (χ4n) is 4.07. The standard InChI is InChI=1S/C24H31N5O2/c1-5-13-30-21-11-7-6-9-18(21)16-29-12-8-10-20(29)23-19(22-14-17(2)27-31-22)15-25-24(26-23)28(3)4/h6-7,9,11,14-15,20H,5,8,10,12-13,16H2,1-4H3. The molecular weight excluding hydrogens is 390 g/mol. The maximum absolute atomic E-state index is 6.00. The molecule has 7 heteroatoms. The average Bonchev–Trinajstić information content (AvgIpc) is 3.41. The lowest BCUT2D eigenvalue weighted by Crippen LogP contribution is -2.25. The van der Waals surface area contributed by atoms with E-state index in [1.165, 1.54) is 5.56 Å². The topological polar surface area (TPSA) is 67.5 Å². The van der Waals surface area contributed by atoms with Gasteiger partial charge in [0.05, 0.1) is 29.6 Å². The van der Waals surface area contributed by atoms with Gasteiger partial charge in [0.1, 0.15) is 5.75 Å². The summed E-state index contributed by atoms with van der Waals surface area (Å²) >= 11 is 0. The van der Waals surface area contributed by atoms with E-state index in [0.29, 0.717) is 5.95 Å². The molecule has 1 atom stereocenters. The molecular formula is C24H31N5O2. The third kappa shape index (κ3) is 4.71. The summed E-state index contributed by atoms with van der Waals surface area (Å²) in [6.07, 6.45) is 5.03. The number of nitrogens with zero attached hydrogens (tertiary/aromatic N) is 5. The minimum atomic E-state index is 0.182. The van der Waals surface area contributed by atoms with E-state index in [-0.39, 0.29) is 6.04 Å². The van der Waals surface area contributed by atoms with Crippen molar-refractivity contribution in [2.24, 2.45) is 0 Å². The molecule has 0 radical (unpaired) electrons. The normalized spacial score (nSPS) is 16.6. The summed E-state index contributed by atoms with van der Waals surface area (Å²) < 4.78 is 11.6. The first-order valence-corrected chi connectivity index (χ1v) is 11.0. The molecule has 31 heavy (non-hydrogen) atoms. The van der Waals surface area contributed by atoms with Gasteiger partial charge < -0.3 is 14.2 Å². The third-order valence-corrected chi connectivity index (χ3v) is 5.59. The fourth-order valence-corrected chi connectivity index (χ4v) is 4.07. The number of aromatic nitrogens is 3. The van der Waals surface area contributed by atoms with Gasteiger partial charge >= 0.3 is 0 Å². The third-order valence-electron chi connectivity index (χ3n) is 5.59. The van der Waals surface area contributed by atoms with Crippen molar-refractivity contribution in [3.63, 3.8) is 0 Å². The van der Waals surface area contributed by atoms with E-state index in [0.717, 1.165) is 67.4 Å². The second kappa shape index (κ2) is 9.47. The van der Waals surface area contributed by atoms with E-state index in [1.807, 2.05) is 44.2 Å². The van der Waals surface area contributed by atoms with E-state index in [9.17, 15) is 0 Å². The highest BCUT2D eigenvalue weighted by molar-refractivity contribution is 5.61. The van der Waals surface area contributed by atoms with E-state index < -0.39 is 0 Å². The van der Waals surface area contributed by atoms with Gasteiger partial charge in [-0.25, -0.2) is 9.97 Å². The van der Waals surface area contributed by atoms with Crippen molar-refractivity contribution in [2.45, 2.75) is 45.7 Å². The van der Waals surface area contributed by atoms with E-state index in [1.54, 1.807) is 0 Å². The Balaban J connectivity index is 1.68. The number of aryl methyl sites for hydroxylation is 1. The van der Waals surface area contributed by atoms with Crippen LogP contribution in [0.3, 0.4) is 0 Å². The SMILES string of the molecule is CCCOc1ccccc1CN1CCCC1c1nc(N(C)C)ncc1-c1cc(C)no1. The first kappa shape index (κ1) is 21.3. The quantitative estimate of drug-likeness (QED) is 0.525. The summed E-state index contributed by atoms with van der Waals surface area (Å²) in [5.74, 6) is 2.39. The molecule has 1 aliphatic rings. The predicted octanol–water partition coefficient (Wildman–Crippen LogP) is 4.63. The van der Waals surface area contributed by atoms with E-state index in [4.69, 9.17) is 14.2 Å². The lowest BCUT2D eigenvalue weighted by Gasteiger charge is -2.27. The van der Waals surface area contributed by atoms with Gasteiger partial charge in [-0.1, -0.05) is 30.3 Å². The van der Waals surface area contributed by atoms with Crippen molar-refractivity contribution in [1.29, 1.82) is 0 Å². The zero-order chi connectivity index (χ0) is 21.8. The molecule has 7 nitrogen and oxygen atoms in total. The van der Waals surface area contributed by atoms with Crippen LogP contribution in [0.25, 0.3) is 11.3 Å². The van der Waals surface area contributed by atoms with Gasteiger partial charge in [-0.05, 0) is 38.8 Å². The van der Waals surface area contributed by atoms with Crippen molar-refractivity contribution in [3.05, 3.63) is 53.5 Å². The summed E-state index contributed by atoms with van der Waals surface area (Å²) in [7, 11) is 3.93. The predicted molar refractivity (Wildman–Crippen MR) is 121 cm³/mol. The van der Waals surface area contributed by atoms with Crippen LogP contribution in [0.2, 0.25) is 0 Å². The molecule has 3 heterocycles. The summed E-state index contributed by atoms with van der Waals surface area (Å²) in [6.45, 7) is 6.62. The van der Waals surface area contributed by atoms with Gasteiger partial charge in [0.2, 0.25) is 5.95 Å². The molecule has 1 saturated heterocycles. The van der Waals surface area contributed by atoms with Crippen LogP contribution in [0.5, 0.6) is 5.75 Å². The number of hydrogen-bond donors (Lipinski definition) is 0. The van der Waals surface area contributed by atoms with Crippen molar-refractivity contribution in [1.82, 2.24) is 20.0 Å². The molecule has 1 aromatic carbocycles. The van der Waals surface area contributed by atoms with Gasteiger partial charge in [0.15, 0.2) is 5.76 Å². The zero-order valence-electron chi connectivity index (χ0n) is 18.8. The molecule has 0 aliphatic carbocycles. The largest absolute Gasteiger partial charge is 0.493 e. The molecule has 2 aromatic heterocycles. The molecule has 1 fully saturated rings. The summed E-state index contributed by atoms with van der Waals surface area (Å²) in [5.41, 5.74) is 3.97. The van der Waals surface area contributed by atoms with E-state index >= 15 is 0 Å². The number of benzene rings is 1. The Morgan fingerprint density at radius 1 is 1.26 bits per heavy atom. The number of likely N-dealkylation sites (tertiary alicyclic amines) is 1. The van der Waals surface area contributed by atoms with Crippen LogP contribution in [0.4, 0.5) is 5.95 Å². The van der Waals surface area contributed by atoms with E-state index in [2.05, 4.69) is 40.2 Å². The average molecular weight is 422 g/mol. The molecule has 1 unspecified atom stereocenters. The van der Waals surface area contributed by atoms with Gasteiger partial charge in [0, 0.05) is 38.5 Å². The van der Waals surface area contributed by atoms with Gasteiger partial charge in [-0.3, -0.25) is 4.90 Å². The molecule has 3 aromatic rings. The summed E-state index contributed by atoms with van der Waals surface area (Å²) in [5, 5.41) is 4.07. The van der Waals surface area contributed by atoms with Gasteiger partial charge in [0.25, 0.3) is 0 Å². The summed E-state index contributed by atoms with van der Waals surface area (Å²) in [4.78, 5) is 13.9. The number of rotatable bonds is 8. The number of hydrogen-bond acceptors (Lipinski definition) is 7. The summed E-state index contributed by atoms with van der Waals surface area (Å²) in [6, 6.07) is 10.5. The Hall–Kier alpha value is -2.93. The Morgan fingerprint density at radius 3 is 2.84 bits per heavy atom. The molecule has 0 spiro atoms. The van der Waals surface area contributed by atoms with Gasteiger partial charge in [-0.2, -0.15) is 0 Å². The first-order chi connectivity index (χ1) is 15.1. The lowest BCUT2D eigenvalue weighted by atomic mass is 10.0. The number of para-hydroxylation sites is 1. The first-order valence-electron chi connectivity index (χ1n) is 11.0. The van der Waals surface area contributed by atoms with Crippen molar-refractivity contribution in [3.8, 4) is 17.1 Å². The fraction of sp³-hybridized carbons (Fsp3) is 0.458. The second-order valence-electron chi connectivity index (χ2n) is 8.28. The van der Waals surface area contributed by atoms with Gasteiger partial charge in [-0.15, -0.1) is 0 Å². The number of anilines is 1. The molecule has 0 N–H and O–H groups in total. The molecule has 0 bridgehead atoms. The zero-order valence-corrected chi connectivity index (χ0v) is 18.8. The minimum absolute atomic E-state index is 0.182. The Labute approximate surface area is 184 Å². The monoisotopic (exact) mass is 421 g/mol. The molecule has 1 aliphatic heterocycles. The van der Waals surface area contributed by atoms with Crippen LogP contribution >= 0.6 is 0 Å². The molecule has 4 rings (SSSR count). The van der Waals surface area contributed by atoms with Crippen LogP contribution in [0.15, 0.2) is 41.1 Å². The lowest BCUT2D eigenvalue weighted by molar-refractivity contribution is 0.237. The maximum atomic E-state index is 6.00. The highest BCUT2D eigenvalue weighted by Gasteiger charge is 2.31. The molecule has 164 valence electrons. The molecule has 0 saturated carbocycles. The Kier molecular flexibility index (Phi) is 6.51. The van der Waals surface area contributed by atoms with Crippen LogP contribution in [-0.2, 0) is 6.54 Å². The number of ether oxygens (including phenoxy) is 1. The Morgan fingerprint density at radius 2 is 2.10 bits per heavy atom. The Bertz CT molecular complexity index is 1020. The smallest absolute Gasteiger partial charge is 0.225 e. The van der Waals surface area contributed by atoms with Crippen LogP contribution in [0.1, 0.15) is 49.2 Å². The van der Waals surface area contributed by atoms with Crippen LogP contribution in [0, 0.1) is 6.92 Å². The highest BCUT2D eigenvalue weighted by atomic mass is 16.5. The second-order valence-corrected chi connectivity index (χ2v) is 8.28. The van der Waals surface area contributed by atoms with Crippen molar-refractivity contribution >= 4 is 5.95 Å². The highest BCUT2D eigenvalue weighted by Crippen LogP contribution is 2.38. The van der Waals surface area contributed by atoms with Crippen molar-refractivity contribution < 1.29 is 9.26 Å². The molecule has 0 amide bonds. The minimum Gasteiger partial charge on any atom is -0.493 e. The van der Waals surface area contributed by atoms with Crippen molar-refractivity contribution in [2.75, 3.05) is 32.1 Å². The van der Waals surface area contributed by atoms with Crippen LogP contribution in [-0.4, -0.2) is 47.3 Å². The maximum Gasteiger partial charge on any atom is 0.225 e. The van der Waals surface area contributed by atoms with Crippen LogP contribution < -0.4 is 9.64 Å².